The van der Waals surface area contributed by atoms with E-state index in [0.29, 0.717) is 16.6 Å². The van der Waals surface area contributed by atoms with Gasteiger partial charge in [-0.2, -0.15) is 0 Å². The van der Waals surface area contributed by atoms with Crippen LogP contribution in [0.2, 0.25) is 10.0 Å². The number of piperidine rings is 1. The quantitative estimate of drug-likeness (QED) is 0.818. The third-order valence-electron chi connectivity index (χ3n) is 5.00. The maximum Gasteiger partial charge on any atom is 0.127 e. The monoisotopic (exact) mass is 390 g/mol. The number of likely N-dealkylation sites (tertiary alicyclic amines) is 1. The molecule has 136 valence electrons. The fraction of sp³-hybridized carbons (Fsp3) is 0.389. The van der Waals surface area contributed by atoms with Crippen LogP contribution in [0.1, 0.15) is 18.5 Å². The van der Waals surface area contributed by atoms with Crippen LogP contribution in [0.4, 0.5) is 11.4 Å². The highest BCUT2D eigenvalue weighted by atomic mass is 35.5. The van der Waals surface area contributed by atoms with E-state index in [1.165, 1.54) is 0 Å². The normalized spacial score (nSPS) is 20.5. The summed E-state index contributed by atoms with van der Waals surface area (Å²) in [6, 6.07) is 3.72. The molecule has 0 bridgehead atoms. The van der Waals surface area contributed by atoms with Gasteiger partial charge in [0.05, 0.1) is 45.4 Å². The average Bonchev–Trinajstić information content (AvgIpc) is 2.65. The Morgan fingerprint density at radius 1 is 1.15 bits per heavy atom. The molecule has 1 aromatic heterocycles. The second-order valence-electron chi connectivity index (χ2n) is 6.81. The highest BCUT2D eigenvalue weighted by Crippen LogP contribution is 2.40. The third kappa shape index (κ3) is 3.37. The Morgan fingerprint density at radius 2 is 1.88 bits per heavy atom. The van der Waals surface area contributed by atoms with Gasteiger partial charge in [-0.3, -0.25) is 15.0 Å². The number of rotatable bonds is 2. The van der Waals surface area contributed by atoms with E-state index in [2.05, 4.69) is 32.5 Å². The van der Waals surface area contributed by atoms with Crippen LogP contribution in [-0.2, 0) is 6.54 Å². The first-order valence-corrected chi connectivity index (χ1v) is 9.34. The average molecular weight is 391 g/mol. The van der Waals surface area contributed by atoms with Crippen molar-refractivity contribution in [1.29, 1.82) is 0 Å². The van der Waals surface area contributed by atoms with Gasteiger partial charge in [0.15, 0.2) is 0 Å². The SMILES string of the molecule is CN1CCC2(CC1)Nc1cc(Cl)c(Cl)cc1NC2=NCc1cnccn1. The van der Waals surface area contributed by atoms with Crippen molar-refractivity contribution < 1.29 is 0 Å². The standard InChI is InChI=1S/C18H20Cl2N6/c1-26-6-2-18(3-7-26)17(23-11-12-10-21-4-5-22-12)24-15-8-13(19)14(20)9-16(15)25-18/h4-5,8-10,25H,2-3,6-7,11H2,1H3,(H,23,24). The maximum absolute atomic E-state index is 6.22. The molecular formula is C18H20Cl2N6. The van der Waals surface area contributed by atoms with Crippen LogP contribution < -0.4 is 10.6 Å². The van der Waals surface area contributed by atoms with Gasteiger partial charge in [0, 0.05) is 25.5 Å². The number of amidine groups is 1. The van der Waals surface area contributed by atoms with E-state index >= 15 is 0 Å². The molecule has 0 atom stereocenters. The smallest absolute Gasteiger partial charge is 0.127 e. The summed E-state index contributed by atoms with van der Waals surface area (Å²) >= 11 is 12.4. The molecule has 0 saturated carbocycles. The zero-order valence-corrected chi connectivity index (χ0v) is 16.0. The largest absolute Gasteiger partial charge is 0.371 e. The Bertz CT molecular complexity index is 831. The number of nitrogens with zero attached hydrogens (tertiary/aromatic N) is 4. The first-order chi connectivity index (χ1) is 12.6. The summed E-state index contributed by atoms with van der Waals surface area (Å²) in [6.07, 6.45) is 7.00. The number of halogens is 2. The third-order valence-corrected chi connectivity index (χ3v) is 5.72. The molecule has 2 N–H and O–H groups in total. The fourth-order valence-corrected chi connectivity index (χ4v) is 3.77. The van der Waals surface area contributed by atoms with Gasteiger partial charge in [0.1, 0.15) is 5.84 Å². The van der Waals surface area contributed by atoms with E-state index < -0.39 is 0 Å². The minimum absolute atomic E-state index is 0.237. The second kappa shape index (κ2) is 7.02. The molecule has 2 aliphatic heterocycles. The molecule has 2 aliphatic rings. The van der Waals surface area contributed by atoms with Gasteiger partial charge < -0.3 is 15.5 Å². The van der Waals surface area contributed by atoms with Gasteiger partial charge in [0.2, 0.25) is 0 Å². The van der Waals surface area contributed by atoms with Crippen LogP contribution in [0, 0.1) is 0 Å². The van der Waals surface area contributed by atoms with Crippen LogP contribution in [0.25, 0.3) is 0 Å². The van der Waals surface area contributed by atoms with Gasteiger partial charge in [-0.05, 0) is 32.0 Å². The summed E-state index contributed by atoms with van der Waals surface area (Å²) in [6.45, 7) is 2.47. The highest BCUT2D eigenvalue weighted by molar-refractivity contribution is 6.42. The number of hydrogen-bond acceptors (Lipinski definition) is 5. The topological polar surface area (TPSA) is 65.4 Å². The molecule has 2 aromatic rings. The molecule has 26 heavy (non-hydrogen) atoms. The lowest BCUT2D eigenvalue weighted by Gasteiger charge is -2.46. The van der Waals surface area contributed by atoms with Crippen molar-refractivity contribution in [3.05, 3.63) is 46.5 Å². The summed E-state index contributed by atoms with van der Waals surface area (Å²) in [5.41, 5.74) is 2.45. The van der Waals surface area contributed by atoms with E-state index in [9.17, 15) is 0 Å². The lowest BCUT2D eigenvalue weighted by Crippen LogP contribution is -2.58. The Morgan fingerprint density at radius 3 is 2.58 bits per heavy atom. The zero-order valence-electron chi connectivity index (χ0n) is 14.5. The summed E-state index contributed by atoms with van der Waals surface area (Å²) in [5, 5.41) is 8.24. The Kier molecular flexibility index (Phi) is 4.73. The van der Waals surface area contributed by atoms with Crippen molar-refractivity contribution >= 4 is 40.4 Å². The van der Waals surface area contributed by atoms with Crippen LogP contribution in [0.15, 0.2) is 35.7 Å². The van der Waals surface area contributed by atoms with Crippen LogP contribution in [0.5, 0.6) is 0 Å². The molecule has 1 spiro atoms. The van der Waals surface area contributed by atoms with Gasteiger partial charge in [-0.1, -0.05) is 23.2 Å². The van der Waals surface area contributed by atoms with E-state index in [1.807, 2.05) is 12.1 Å². The lowest BCUT2D eigenvalue weighted by atomic mass is 9.84. The number of benzene rings is 1. The maximum atomic E-state index is 6.22. The van der Waals surface area contributed by atoms with Crippen molar-refractivity contribution in [2.45, 2.75) is 24.9 Å². The van der Waals surface area contributed by atoms with Crippen LogP contribution >= 0.6 is 23.2 Å². The molecule has 3 heterocycles. The number of fused-ring (bicyclic) bond motifs is 1. The minimum Gasteiger partial charge on any atom is -0.371 e. The molecule has 4 rings (SSSR count). The number of aromatic nitrogens is 2. The van der Waals surface area contributed by atoms with Gasteiger partial charge in [-0.15, -0.1) is 0 Å². The van der Waals surface area contributed by atoms with E-state index in [0.717, 1.165) is 48.8 Å². The number of aliphatic imine (C=N–C) groups is 1. The molecule has 1 fully saturated rings. The molecule has 0 amide bonds. The van der Waals surface area contributed by atoms with Gasteiger partial charge in [0.25, 0.3) is 0 Å². The Labute approximate surface area is 162 Å². The molecule has 0 unspecified atom stereocenters. The van der Waals surface area contributed by atoms with Crippen LogP contribution in [-0.4, -0.2) is 46.4 Å². The minimum atomic E-state index is -0.237. The molecule has 1 saturated heterocycles. The molecule has 0 radical (unpaired) electrons. The molecule has 0 aliphatic carbocycles. The van der Waals surface area contributed by atoms with Crippen molar-refractivity contribution in [3.8, 4) is 0 Å². The van der Waals surface area contributed by atoms with Crippen molar-refractivity contribution in [2.24, 2.45) is 4.99 Å². The summed E-state index contributed by atoms with van der Waals surface area (Å²) < 4.78 is 0. The fourth-order valence-electron chi connectivity index (χ4n) is 3.44. The first-order valence-electron chi connectivity index (χ1n) is 8.58. The second-order valence-corrected chi connectivity index (χ2v) is 7.62. The van der Waals surface area contributed by atoms with Crippen molar-refractivity contribution in [1.82, 2.24) is 14.9 Å². The number of nitrogens with one attached hydrogen (secondary N) is 2. The van der Waals surface area contributed by atoms with Gasteiger partial charge >= 0.3 is 0 Å². The summed E-state index contributed by atoms with van der Waals surface area (Å²) in [5.74, 6) is 0.919. The molecular weight excluding hydrogens is 371 g/mol. The predicted octanol–water partition coefficient (Wildman–Crippen LogP) is 3.68. The van der Waals surface area contributed by atoms with Crippen LogP contribution in [0.3, 0.4) is 0 Å². The summed E-state index contributed by atoms with van der Waals surface area (Å²) in [7, 11) is 2.14. The van der Waals surface area contributed by atoms with E-state index in [4.69, 9.17) is 28.2 Å². The van der Waals surface area contributed by atoms with E-state index in [1.54, 1.807) is 18.6 Å². The predicted molar refractivity (Wildman–Crippen MR) is 106 cm³/mol. The number of hydrogen-bond donors (Lipinski definition) is 2. The highest BCUT2D eigenvalue weighted by Gasteiger charge is 2.42. The summed E-state index contributed by atoms with van der Waals surface area (Å²) in [4.78, 5) is 15.6. The first kappa shape index (κ1) is 17.5. The van der Waals surface area contributed by atoms with Crippen molar-refractivity contribution in [2.75, 3.05) is 30.8 Å². The van der Waals surface area contributed by atoms with Crippen molar-refractivity contribution in [3.63, 3.8) is 0 Å². The Hall–Kier alpha value is -1.89. The molecule has 6 nitrogen and oxygen atoms in total. The number of anilines is 2. The zero-order chi connectivity index (χ0) is 18.1. The molecule has 8 heteroatoms. The van der Waals surface area contributed by atoms with Gasteiger partial charge in [-0.25, -0.2) is 0 Å². The van der Waals surface area contributed by atoms with E-state index in [-0.39, 0.29) is 5.54 Å². The lowest BCUT2D eigenvalue weighted by molar-refractivity contribution is 0.240. The molecule has 1 aromatic carbocycles. The Balaban J connectivity index is 1.70.